The lowest BCUT2D eigenvalue weighted by Crippen LogP contribution is -2.04. The van der Waals surface area contributed by atoms with Gasteiger partial charge in [-0.25, -0.2) is 0 Å². The molecule has 0 N–H and O–H groups in total. The molecule has 0 spiro atoms. The quantitative estimate of drug-likeness (QED) is 0.768. The van der Waals surface area contributed by atoms with Gasteiger partial charge in [-0.2, -0.15) is 9.94 Å². The van der Waals surface area contributed by atoms with Crippen molar-refractivity contribution in [3.8, 4) is 11.2 Å². The van der Waals surface area contributed by atoms with E-state index >= 15 is 0 Å². The van der Waals surface area contributed by atoms with Crippen LogP contribution in [0, 0.1) is 18.3 Å². The Morgan fingerprint density at radius 2 is 2.25 bits per heavy atom. The Morgan fingerprint density at radius 3 is 2.81 bits per heavy atom. The smallest absolute Gasteiger partial charge is 0.234 e. The van der Waals surface area contributed by atoms with E-state index in [2.05, 4.69) is 20.5 Å². The molecule has 0 aliphatic heterocycles. The fraction of sp³-hybridized carbons (Fsp3) is 0.375. The van der Waals surface area contributed by atoms with E-state index in [9.17, 15) is 0 Å². The average Bonchev–Trinajstić information content (AvgIpc) is 2.85. The number of nitriles is 1. The van der Waals surface area contributed by atoms with Gasteiger partial charge in [0.05, 0.1) is 6.61 Å². The normalized spacial score (nSPS) is 10.3. The fourth-order valence-corrected chi connectivity index (χ4v) is 1.84. The zero-order valence-corrected chi connectivity index (χ0v) is 9.52. The Hall–Kier alpha value is -1.85. The third-order valence-electron chi connectivity index (χ3n) is 1.85. The summed E-state index contributed by atoms with van der Waals surface area (Å²) in [4.78, 5) is 0. The molecule has 82 valence electrons. The van der Waals surface area contributed by atoms with Crippen LogP contribution in [0.15, 0.2) is 0 Å². The van der Waals surface area contributed by atoms with E-state index in [4.69, 9.17) is 10.00 Å². The summed E-state index contributed by atoms with van der Waals surface area (Å²) in [7, 11) is 1.55. The van der Waals surface area contributed by atoms with Crippen LogP contribution in [0.25, 0.3) is 5.13 Å². The van der Waals surface area contributed by atoms with Crippen LogP contribution in [0.1, 0.15) is 16.4 Å². The number of hydrogen-bond acceptors (Lipinski definition) is 7. The van der Waals surface area contributed by atoms with Gasteiger partial charge in [0, 0.05) is 7.11 Å². The molecule has 0 unspecified atom stereocenters. The summed E-state index contributed by atoms with van der Waals surface area (Å²) in [6.45, 7) is 2.10. The molecule has 16 heavy (non-hydrogen) atoms. The second kappa shape index (κ2) is 4.34. The first kappa shape index (κ1) is 10.7. The lowest BCUT2D eigenvalue weighted by molar-refractivity contribution is 0.179. The van der Waals surface area contributed by atoms with Crippen molar-refractivity contribution in [1.82, 2.24) is 25.2 Å². The molecule has 0 aliphatic rings. The molecule has 0 bridgehead atoms. The van der Waals surface area contributed by atoms with E-state index in [-0.39, 0.29) is 12.3 Å². The molecular weight excluding hydrogens is 228 g/mol. The summed E-state index contributed by atoms with van der Waals surface area (Å²) < 4.78 is 6.48. The van der Waals surface area contributed by atoms with E-state index in [1.807, 2.05) is 13.0 Å². The lowest BCUT2D eigenvalue weighted by Gasteiger charge is -2.00. The molecule has 0 fully saturated rings. The maximum Gasteiger partial charge on any atom is 0.234 e. The van der Waals surface area contributed by atoms with Crippen molar-refractivity contribution in [3.05, 3.63) is 16.4 Å². The van der Waals surface area contributed by atoms with Crippen molar-refractivity contribution < 1.29 is 4.74 Å². The van der Waals surface area contributed by atoms with Crippen molar-refractivity contribution in [1.29, 1.82) is 5.26 Å². The highest BCUT2D eigenvalue weighted by Crippen LogP contribution is 2.16. The Bertz CT molecular complexity index is 539. The standard InChI is InChI=1S/C8H8N6OS/c1-5-10-12-8(16-5)14-7(4-15-2)6(3-9)11-13-14/h4H2,1-2H3. The van der Waals surface area contributed by atoms with Gasteiger partial charge in [0.1, 0.15) is 16.8 Å². The van der Waals surface area contributed by atoms with Crippen LogP contribution in [-0.4, -0.2) is 32.3 Å². The topological polar surface area (TPSA) is 89.5 Å². The predicted molar refractivity (Wildman–Crippen MR) is 55.0 cm³/mol. The average molecular weight is 236 g/mol. The van der Waals surface area contributed by atoms with Gasteiger partial charge in [0.15, 0.2) is 5.69 Å². The van der Waals surface area contributed by atoms with Crippen molar-refractivity contribution in [2.45, 2.75) is 13.5 Å². The van der Waals surface area contributed by atoms with Gasteiger partial charge in [-0.15, -0.1) is 15.3 Å². The summed E-state index contributed by atoms with van der Waals surface area (Å²) in [6.07, 6.45) is 0. The molecule has 2 aromatic rings. The van der Waals surface area contributed by atoms with Gasteiger partial charge in [-0.3, -0.25) is 0 Å². The highest BCUT2D eigenvalue weighted by molar-refractivity contribution is 7.13. The molecule has 7 nitrogen and oxygen atoms in total. The Morgan fingerprint density at radius 1 is 1.44 bits per heavy atom. The van der Waals surface area contributed by atoms with Crippen LogP contribution < -0.4 is 0 Å². The van der Waals surface area contributed by atoms with Crippen molar-refractivity contribution >= 4 is 11.3 Å². The number of rotatable bonds is 3. The summed E-state index contributed by atoms with van der Waals surface area (Å²) in [5.74, 6) is 0. The van der Waals surface area contributed by atoms with Crippen molar-refractivity contribution in [2.75, 3.05) is 7.11 Å². The maximum atomic E-state index is 8.86. The van der Waals surface area contributed by atoms with E-state index in [0.717, 1.165) is 5.01 Å². The zero-order chi connectivity index (χ0) is 11.5. The highest BCUT2D eigenvalue weighted by atomic mass is 32.1. The first-order valence-electron chi connectivity index (χ1n) is 4.40. The molecule has 0 saturated carbocycles. The van der Waals surface area contributed by atoms with Crippen LogP contribution in [-0.2, 0) is 11.3 Å². The van der Waals surface area contributed by atoms with E-state index in [1.165, 1.54) is 16.0 Å². The molecular formula is C8H8N6OS. The van der Waals surface area contributed by atoms with Crippen LogP contribution in [0.5, 0.6) is 0 Å². The molecule has 0 aliphatic carbocycles. The van der Waals surface area contributed by atoms with E-state index in [0.29, 0.717) is 10.8 Å². The fourth-order valence-electron chi connectivity index (χ4n) is 1.18. The van der Waals surface area contributed by atoms with Crippen LogP contribution in [0.4, 0.5) is 0 Å². The SMILES string of the molecule is COCc1c(C#N)nnn1-c1nnc(C)s1. The minimum atomic E-state index is 0.245. The first-order valence-corrected chi connectivity index (χ1v) is 5.22. The van der Waals surface area contributed by atoms with Crippen molar-refractivity contribution in [2.24, 2.45) is 0 Å². The molecule has 0 atom stereocenters. The molecule has 0 amide bonds. The molecule has 8 heteroatoms. The van der Waals surface area contributed by atoms with Crippen LogP contribution >= 0.6 is 11.3 Å². The van der Waals surface area contributed by atoms with Crippen LogP contribution in [0.3, 0.4) is 0 Å². The second-order valence-electron chi connectivity index (χ2n) is 2.95. The number of methoxy groups -OCH3 is 1. The molecule has 2 heterocycles. The number of aryl methyl sites for hydroxylation is 1. The van der Waals surface area contributed by atoms with E-state index in [1.54, 1.807) is 7.11 Å². The third kappa shape index (κ3) is 1.78. The number of hydrogen-bond donors (Lipinski definition) is 0. The summed E-state index contributed by atoms with van der Waals surface area (Å²) in [5, 5.41) is 25.7. The molecule has 2 rings (SSSR count). The zero-order valence-electron chi connectivity index (χ0n) is 8.71. The predicted octanol–water partition coefficient (Wildman–Crippen LogP) is 0.445. The maximum absolute atomic E-state index is 8.86. The number of aromatic nitrogens is 5. The molecule has 0 saturated heterocycles. The van der Waals surface area contributed by atoms with Gasteiger partial charge in [-0.1, -0.05) is 16.6 Å². The number of nitrogens with zero attached hydrogens (tertiary/aromatic N) is 6. The van der Waals surface area contributed by atoms with Gasteiger partial charge < -0.3 is 4.74 Å². The molecule has 0 aromatic carbocycles. The molecule has 2 aromatic heterocycles. The van der Waals surface area contributed by atoms with Crippen LogP contribution in [0.2, 0.25) is 0 Å². The Balaban J connectivity index is 2.49. The second-order valence-corrected chi connectivity index (χ2v) is 4.11. The summed E-state index contributed by atoms with van der Waals surface area (Å²) >= 11 is 1.38. The van der Waals surface area contributed by atoms with Gasteiger partial charge in [0.2, 0.25) is 5.13 Å². The summed E-state index contributed by atoms with van der Waals surface area (Å²) in [6, 6.07) is 1.96. The minimum absolute atomic E-state index is 0.245. The monoisotopic (exact) mass is 236 g/mol. The van der Waals surface area contributed by atoms with E-state index < -0.39 is 0 Å². The third-order valence-corrected chi connectivity index (χ3v) is 2.66. The van der Waals surface area contributed by atoms with Crippen molar-refractivity contribution in [3.63, 3.8) is 0 Å². The highest BCUT2D eigenvalue weighted by Gasteiger charge is 2.16. The summed E-state index contributed by atoms with van der Waals surface area (Å²) in [5.41, 5.74) is 0.829. The van der Waals surface area contributed by atoms with Gasteiger partial charge in [0.25, 0.3) is 0 Å². The van der Waals surface area contributed by atoms with Gasteiger partial charge in [-0.05, 0) is 6.92 Å². The molecule has 0 radical (unpaired) electrons. The first-order chi connectivity index (χ1) is 7.76. The largest absolute Gasteiger partial charge is 0.378 e. The van der Waals surface area contributed by atoms with Gasteiger partial charge >= 0.3 is 0 Å². The Labute approximate surface area is 95.3 Å². The minimum Gasteiger partial charge on any atom is -0.378 e. The Kier molecular flexibility index (Phi) is 2.89. The number of ether oxygens (including phenoxy) is 1. The lowest BCUT2D eigenvalue weighted by atomic mass is 10.3.